The lowest BCUT2D eigenvalue weighted by Gasteiger charge is -2.09. The summed E-state index contributed by atoms with van der Waals surface area (Å²) in [5, 5.41) is 8.04. The van der Waals surface area contributed by atoms with Crippen LogP contribution in [0.5, 0.6) is 5.75 Å². The number of aryl methyl sites for hydroxylation is 2. The average molecular weight is 369 g/mol. The van der Waals surface area contributed by atoms with Crippen LogP contribution < -0.4 is 15.4 Å². The normalized spacial score (nSPS) is 10.5. The van der Waals surface area contributed by atoms with Crippen LogP contribution in [0.25, 0.3) is 11.3 Å². The number of thiazole rings is 1. The number of carbonyl (C=O) groups excluding carboxylic acids is 1. The minimum atomic E-state index is -0.295. The number of benzene rings is 1. The molecule has 0 unspecified atom stereocenters. The highest BCUT2D eigenvalue weighted by Gasteiger charge is 2.13. The molecule has 3 rings (SSSR count). The molecule has 1 aromatic carbocycles. The zero-order valence-electron chi connectivity index (χ0n) is 15.0. The minimum Gasteiger partial charge on any atom is -0.496 e. The van der Waals surface area contributed by atoms with Gasteiger partial charge in [-0.05, 0) is 37.1 Å². The number of hydrogen-bond acceptors (Lipinski definition) is 7. The highest BCUT2D eigenvalue weighted by atomic mass is 32.1. The molecule has 0 fully saturated rings. The Labute approximate surface area is 155 Å². The van der Waals surface area contributed by atoms with E-state index < -0.39 is 0 Å². The summed E-state index contributed by atoms with van der Waals surface area (Å²) in [6.45, 7) is 4.00. The molecule has 0 bridgehead atoms. The molecule has 0 aliphatic carbocycles. The topological polar surface area (TPSA) is 89.0 Å². The predicted molar refractivity (Wildman–Crippen MR) is 103 cm³/mol. The first-order valence-electron chi connectivity index (χ1n) is 7.94. The van der Waals surface area contributed by atoms with Crippen LogP contribution in [-0.2, 0) is 0 Å². The van der Waals surface area contributed by atoms with Gasteiger partial charge in [-0.2, -0.15) is 0 Å². The van der Waals surface area contributed by atoms with Crippen molar-refractivity contribution in [3.63, 3.8) is 0 Å². The second-order valence-electron chi connectivity index (χ2n) is 5.67. The largest absolute Gasteiger partial charge is 0.496 e. The van der Waals surface area contributed by atoms with E-state index in [1.165, 1.54) is 23.7 Å². The number of nitrogens with one attached hydrogen (secondary N) is 2. The van der Waals surface area contributed by atoms with E-state index in [1.807, 2.05) is 31.4 Å². The fraction of sp³-hybridized carbons (Fsp3) is 0.222. The van der Waals surface area contributed by atoms with Crippen LogP contribution in [0, 0.1) is 13.8 Å². The Morgan fingerprint density at radius 3 is 2.54 bits per heavy atom. The molecule has 26 heavy (non-hydrogen) atoms. The molecule has 2 heterocycles. The lowest BCUT2D eigenvalue weighted by molar-refractivity contribution is 0.102. The summed E-state index contributed by atoms with van der Waals surface area (Å²) in [7, 11) is 3.37. The highest BCUT2D eigenvalue weighted by molar-refractivity contribution is 7.14. The lowest BCUT2D eigenvalue weighted by atomic mass is 10.0. The molecular formula is C18H19N5O2S. The molecule has 1 amide bonds. The van der Waals surface area contributed by atoms with Gasteiger partial charge in [0, 0.05) is 30.4 Å². The molecule has 7 nitrogen and oxygen atoms in total. The number of methoxy groups -OCH3 is 1. The maximum absolute atomic E-state index is 12.3. The molecule has 3 aromatic rings. The van der Waals surface area contributed by atoms with E-state index >= 15 is 0 Å². The fourth-order valence-electron chi connectivity index (χ4n) is 2.48. The van der Waals surface area contributed by atoms with Gasteiger partial charge in [0.2, 0.25) is 5.95 Å². The second-order valence-corrected chi connectivity index (χ2v) is 6.53. The maximum Gasteiger partial charge on any atom is 0.260 e. The Morgan fingerprint density at radius 1 is 1.15 bits per heavy atom. The van der Waals surface area contributed by atoms with E-state index in [0.717, 1.165) is 28.1 Å². The van der Waals surface area contributed by atoms with Gasteiger partial charge in [-0.15, -0.1) is 11.3 Å². The number of anilines is 2. The van der Waals surface area contributed by atoms with E-state index in [1.54, 1.807) is 14.2 Å². The molecule has 8 heteroatoms. The zero-order valence-corrected chi connectivity index (χ0v) is 15.8. The zero-order chi connectivity index (χ0) is 18.7. The van der Waals surface area contributed by atoms with Crippen LogP contribution in [0.15, 0.2) is 29.9 Å². The third-order valence-corrected chi connectivity index (χ3v) is 4.64. The number of carbonyl (C=O) groups is 1. The quantitative estimate of drug-likeness (QED) is 0.715. The molecular weight excluding hydrogens is 350 g/mol. The van der Waals surface area contributed by atoms with Gasteiger partial charge in [0.05, 0.1) is 18.4 Å². The summed E-state index contributed by atoms with van der Waals surface area (Å²) >= 11 is 1.37. The summed E-state index contributed by atoms with van der Waals surface area (Å²) < 4.78 is 5.35. The Bertz CT molecular complexity index is 937. The van der Waals surface area contributed by atoms with Crippen molar-refractivity contribution in [3.8, 4) is 17.0 Å². The molecule has 0 spiro atoms. The van der Waals surface area contributed by atoms with Gasteiger partial charge in [0.1, 0.15) is 5.75 Å². The summed E-state index contributed by atoms with van der Waals surface area (Å²) in [6, 6.07) is 4.03. The van der Waals surface area contributed by atoms with Crippen molar-refractivity contribution in [2.45, 2.75) is 13.8 Å². The third kappa shape index (κ3) is 3.65. The monoisotopic (exact) mass is 369 g/mol. The first kappa shape index (κ1) is 17.8. The van der Waals surface area contributed by atoms with Crippen molar-refractivity contribution in [2.24, 2.45) is 0 Å². The first-order chi connectivity index (χ1) is 12.5. The van der Waals surface area contributed by atoms with Crippen molar-refractivity contribution in [1.82, 2.24) is 15.0 Å². The van der Waals surface area contributed by atoms with Crippen molar-refractivity contribution in [1.29, 1.82) is 0 Å². The van der Waals surface area contributed by atoms with E-state index in [2.05, 4.69) is 25.6 Å². The van der Waals surface area contributed by atoms with Gasteiger partial charge in [0.25, 0.3) is 5.91 Å². The highest BCUT2D eigenvalue weighted by Crippen LogP contribution is 2.32. The number of rotatable bonds is 5. The molecule has 134 valence electrons. The molecule has 0 aliphatic rings. The molecule has 2 N–H and O–H groups in total. The summed E-state index contributed by atoms with van der Waals surface area (Å²) in [4.78, 5) is 24.9. The molecule has 0 atom stereocenters. The molecule has 0 saturated heterocycles. The number of hydrogen-bond donors (Lipinski definition) is 2. The number of ether oxygens (including phenoxy) is 1. The smallest absolute Gasteiger partial charge is 0.260 e. The third-order valence-electron chi connectivity index (χ3n) is 3.88. The van der Waals surface area contributed by atoms with Crippen molar-refractivity contribution >= 4 is 28.3 Å². The molecule has 0 saturated carbocycles. The van der Waals surface area contributed by atoms with Crippen LogP contribution >= 0.6 is 11.3 Å². The number of nitrogens with zero attached hydrogens (tertiary/aromatic N) is 3. The fourth-order valence-corrected chi connectivity index (χ4v) is 3.19. The average Bonchev–Trinajstić information content (AvgIpc) is 3.11. The van der Waals surface area contributed by atoms with Crippen LogP contribution in [0.1, 0.15) is 21.5 Å². The van der Waals surface area contributed by atoms with Gasteiger partial charge >= 0.3 is 0 Å². The Morgan fingerprint density at radius 2 is 1.88 bits per heavy atom. The van der Waals surface area contributed by atoms with Crippen LogP contribution in [0.2, 0.25) is 0 Å². The standard InChI is InChI=1S/C18H19N5O2S/c1-10-6-15(25-4)11(2)5-13(10)14-9-26-18(22-14)23-16(24)12-7-20-17(19-3)21-8-12/h5-9H,1-4H3,(H,19,20,21)(H,22,23,24). The maximum atomic E-state index is 12.3. The summed E-state index contributed by atoms with van der Waals surface area (Å²) in [5.74, 6) is 1.01. The first-order valence-corrected chi connectivity index (χ1v) is 8.82. The number of aromatic nitrogens is 3. The van der Waals surface area contributed by atoms with E-state index in [0.29, 0.717) is 16.6 Å². The molecule has 0 aliphatic heterocycles. The van der Waals surface area contributed by atoms with Crippen molar-refractivity contribution < 1.29 is 9.53 Å². The molecule has 2 aromatic heterocycles. The van der Waals surface area contributed by atoms with Gasteiger partial charge in [-0.3, -0.25) is 10.1 Å². The number of amides is 1. The van der Waals surface area contributed by atoms with Gasteiger partial charge < -0.3 is 10.1 Å². The SMILES string of the molecule is CNc1ncc(C(=O)Nc2nc(-c3cc(C)c(OC)cc3C)cs2)cn1. The van der Waals surface area contributed by atoms with Gasteiger partial charge in [-0.25, -0.2) is 15.0 Å². The lowest BCUT2D eigenvalue weighted by Crippen LogP contribution is -2.13. The summed E-state index contributed by atoms with van der Waals surface area (Å²) in [5.41, 5.74) is 4.30. The van der Waals surface area contributed by atoms with Crippen molar-refractivity contribution in [2.75, 3.05) is 24.8 Å². The van der Waals surface area contributed by atoms with Crippen LogP contribution in [0.3, 0.4) is 0 Å². The minimum absolute atomic E-state index is 0.295. The Hall–Kier alpha value is -3.00. The van der Waals surface area contributed by atoms with Gasteiger partial charge in [-0.1, -0.05) is 0 Å². The predicted octanol–water partition coefficient (Wildman–Crippen LogP) is 3.52. The molecule has 0 radical (unpaired) electrons. The Balaban J connectivity index is 1.79. The van der Waals surface area contributed by atoms with E-state index in [-0.39, 0.29) is 5.91 Å². The van der Waals surface area contributed by atoms with E-state index in [4.69, 9.17) is 4.74 Å². The second kappa shape index (κ2) is 7.49. The van der Waals surface area contributed by atoms with Crippen molar-refractivity contribution in [3.05, 3.63) is 46.6 Å². The summed E-state index contributed by atoms with van der Waals surface area (Å²) in [6.07, 6.45) is 2.94. The van der Waals surface area contributed by atoms with Crippen LogP contribution in [0.4, 0.5) is 11.1 Å². The van der Waals surface area contributed by atoms with Crippen LogP contribution in [-0.4, -0.2) is 35.0 Å². The van der Waals surface area contributed by atoms with Gasteiger partial charge in [0.15, 0.2) is 5.13 Å². The van der Waals surface area contributed by atoms with E-state index in [9.17, 15) is 4.79 Å². The Kier molecular flexibility index (Phi) is 5.13.